The van der Waals surface area contributed by atoms with Gasteiger partial charge in [0, 0.05) is 18.3 Å². The molecule has 2 unspecified atom stereocenters. The van der Waals surface area contributed by atoms with Crippen LogP contribution in [0.1, 0.15) is 25.3 Å². The topological polar surface area (TPSA) is 111 Å². The van der Waals surface area contributed by atoms with Gasteiger partial charge in [-0.2, -0.15) is 0 Å². The molecule has 34 heavy (non-hydrogen) atoms. The summed E-state index contributed by atoms with van der Waals surface area (Å²) in [5.74, 6) is -1.41. The number of halogens is 1. The molecule has 2 aromatic rings. The van der Waals surface area contributed by atoms with E-state index in [4.69, 9.17) is 0 Å². The Morgan fingerprint density at radius 2 is 1.79 bits per heavy atom. The quantitative estimate of drug-likeness (QED) is 0.604. The maximum absolute atomic E-state index is 13.3. The standard InChI is InChI=1S/C24H26FN5O4/c1-15(31)27-18-4-2-5-19(12-18)28-21(32)14-29-20-6-3-11-26-22(20)23(33)30(24(29)34)13-16-7-9-17(25)10-8-16/h2,4-5,7-10,12,20,22,26H,3,6,11,13-14H2,1H3,(H,27,31)(H,28,32). The van der Waals surface area contributed by atoms with E-state index in [1.807, 2.05) is 0 Å². The van der Waals surface area contributed by atoms with Gasteiger partial charge in [0.05, 0.1) is 12.6 Å². The van der Waals surface area contributed by atoms with E-state index in [9.17, 15) is 23.6 Å². The van der Waals surface area contributed by atoms with Crippen LogP contribution in [0.25, 0.3) is 0 Å². The van der Waals surface area contributed by atoms with Crippen molar-refractivity contribution in [3.63, 3.8) is 0 Å². The third kappa shape index (κ3) is 5.23. The smallest absolute Gasteiger partial charge is 0.326 e. The fourth-order valence-electron chi connectivity index (χ4n) is 4.35. The Labute approximate surface area is 196 Å². The highest BCUT2D eigenvalue weighted by atomic mass is 19.1. The van der Waals surface area contributed by atoms with Gasteiger partial charge in [-0.1, -0.05) is 18.2 Å². The second-order valence-corrected chi connectivity index (χ2v) is 8.41. The van der Waals surface area contributed by atoms with Gasteiger partial charge in [0.25, 0.3) is 0 Å². The predicted octanol–water partition coefficient (Wildman–Crippen LogP) is 2.31. The first-order valence-electron chi connectivity index (χ1n) is 11.1. The molecule has 4 rings (SSSR count). The van der Waals surface area contributed by atoms with Crippen molar-refractivity contribution in [1.82, 2.24) is 15.1 Å². The number of piperidine rings is 1. The Morgan fingerprint density at radius 3 is 2.50 bits per heavy atom. The summed E-state index contributed by atoms with van der Waals surface area (Å²) in [6.45, 7) is 1.78. The third-order valence-corrected chi connectivity index (χ3v) is 5.87. The van der Waals surface area contributed by atoms with Gasteiger partial charge in [0.2, 0.25) is 17.7 Å². The first-order chi connectivity index (χ1) is 16.3. The fourth-order valence-corrected chi connectivity index (χ4v) is 4.35. The number of hydrogen-bond donors (Lipinski definition) is 3. The van der Waals surface area contributed by atoms with Gasteiger partial charge in [-0.15, -0.1) is 0 Å². The highest BCUT2D eigenvalue weighted by Gasteiger charge is 2.47. The minimum atomic E-state index is -0.609. The van der Waals surface area contributed by atoms with Crippen LogP contribution in [0.4, 0.5) is 20.6 Å². The van der Waals surface area contributed by atoms with E-state index < -0.39 is 29.8 Å². The van der Waals surface area contributed by atoms with Gasteiger partial charge < -0.3 is 20.9 Å². The molecule has 0 saturated carbocycles. The zero-order valence-corrected chi connectivity index (χ0v) is 18.7. The molecule has 2 aliphatic rings. The molecule has 2 aromatic carbocycles. The van der Waals surface area contributed by atoms with Crippen molar-refractivity contribution in [1.29, 1.82) is 0 Å². The molecule has 0 aliphatic carbocycles. The SMILES string of the molecule is CC(=O)Nc1cccc(NC(=O)CN2C(=O)N(Cc3ccc(F)cc3)C(=O)C3NCCCC32)c1. The summed E-state index contributed by atoms with van der Waals surface area (Å²) in [7, 11) is 0. The molecule has 5 amide bonds. The molecule has 9 nitrogen and oxygen atoms in total. The predicted molar refractivity (Wildman–Crippen MR) is 123 cm³/mol. The second-order valence-electron chi connectivity index (χ2n) is 8.41. The summed E-state index contributed by atoms with van der Waals surface area (Å²) in [6, 6.07) is 10.7. The number of nitrogens with zero attached hydrogens (tertiary/aromatic N) is 2. The van der Waals surface area contributed by atoms with Crippen LogP contribution in [0.3, 0.4) is 0 Å². The lowest BCUT2D eigenvalue weighted by Gasteiger charge is -2.46. The minimum absolute atomic E-state index is 0.0142. The number of amides is 5. The molecule has 2 saturated heterocycles. The zero-order chi connectivity index (χ0) is 24.2. The summed E-state index contributed by atoms with van der Waals surface area (Å²) in [4.78, 5) is 53.1. The summed E-state index contributed by atoms with van der Waals surface area (Å²) < 4.78 is 13.3. The van der Waals surface area contributed by atoms with Gasteiger partial charge in [-0.3, -0.25) is 19.3 Å². The molecule has 2 heterocycles. The molecule has 178 valence electrons. The molecule has 2 fully saturated rings. The Balaban J connectivity index is 1.51. The molecule has 3 N–H and O–H groups in total. The summed E-state index contributed by atoms with van der Waals surface area (Å²) in [5, 5.41) is 8.58. The number of nitrogens with one attached hydrogen (secondary N) is 3. The van der Waals surface area contributed by atoms with Crippen LogP contribution < -0.4 is 16.0 Å². The lowest BCUT2D eigenvalue weighted by atomic mass is 9.93. The normalized spacial score (nSPS) is 20.1. The number of anilines is 2. The first kappa shape index (κ1) is 23.4. The highest BCUT2D eigenvalue weighted by molar-refractivity contribution is 6.03. The van der Waals surface area contributed by atoms with Crippen molar-refractivity contribution in [2.75, 3.05) is 23.7 Å². The number of fused-ring (bicyclic) bond motifs is 1. The van der Waals surface area contributed by atoms with Gasteiger partial charge in [0.15, 0.2) is 0 Å². The lowest BCUT2D eigenvalue weighted by Crippen LogP contribution is -2.70. The Bertz CT molecular complexity index is 1110. The van der Waals surface area contributed by atoms with Gasteiger partial charge in [-0.05, 0) is 55.3 Å². The van der Waals surface area contributed by atoms with E-state index >= 15 is 0 Å². The fraction of sp³-hybridized carbons (Fsp3) is 0.333. The zero-order valence-electron chi connectivity index (χ0n) is 18.7. The van der Waals surface area contributed by atoms with Crippen LogP contribution in [0, 0.1) is 5.82 Å². The number of rotatable bonds is 6. The number of carbonyl (C=O) groups excluding carboxylic acids is 4. The number of imide groups is 1. The molecule has 2 aliphatic heterocycles. The van der Waals surface area contributed by atoms with E-state index in [1.54, 1.807) is 24.3 Å². The van der Waals surface area contributed by atoms with Gasteiger partial charge in [-0.25, -0.2) is 9.18 Å². The van der Waals surface area contributed by atoms with Crippen LogP contribution in [-0.4, -0.2) is 58.7 Å². The summed E-state index contributed by atoms with van der Waals surface area (Å²) >= 11 is 0. The van der Waals surface area contributed by atoms with Crippen molar-refractivity contribution in [2.24, 2.45) is 0 Å². The van der Waals surface area contributed by atoms with Crippen molar-refractivity contribution in [3.05, 3.63) is 59.9 Å². The van der Waals surface area contributed by atoms with E-state index in [0.717, 1.165) is 11.3 Å². The van der Waals surface area contributed by atoms with Crippen LogP contribution in [0.2, 0.25) is 0 Å². The van der Waals surface area contributed by atoms with E-state index in [0.29, 0.717) is 29.9 Å². The first-order valence-corrected chi connectivity index (χ1v) is 11.1. The number of urea groups is 1. The monoisotopic (exact) mass is 467 g/mol. The summed E-state index contributed by atoms with van der Waals surface area (Å²) in [5.41, 5.74) is 1.61. The Morgan fingerprint density at radius 1 is 1.09 bits per heavy atom. The minimum Gasteiger partial charge on any atom is -0.326 e. The second kappa shape index (κ2) is 10.0. The molecular formula is C24H26FN5O4. The van der Waals surface area contributed by atoms with Crippen LogP contribution >= 0.6 is 0 Å². The summed E-state index contributed by atoms with van der Waals surface area (Å²) in [6.07, 6.45) is 1.38. The van der Waals surface area contributed by atoms with E-state index in [1.165, 1.54) is 36.1 Å². The third-order valence-electron chi connectivity index (χ3n) is 5.87. The van der Waals surface area contributed by atoms with Crippen molar-refractivity contribution >= 4 is 35.1 Å². The van der Waals surface area contributed by atoms with Gasteiger partial charge >= 0.3 is 6.03 Å². The van der Waals surface area contributed by atoms with Crippen molar-refractivity contribution in [2.45, 2.75) is 38.4 Å². The average molecular weight is 468 g/mol. The van der Waals surface area contributed by atoms with E-state index in [2.05, 4.69) is 16.0 Å². The number of benzene rings is 2. The lowest BCUT2D eigenvalue weighted by molar-refractivity contribution is -0.138. The molecule has 0 spiro atoms. The maximum Gasteiger partial charge on any atom is 0.327 e. The molecular weight excluding hydrogens is 441 g/mol. The number of carbonyl (C=O) groups is 4. The maximum atomic E-state index is 13.3. The van der Waals surface area contributed by atoms with E-state index in [-0.39, 0.29) is 24.9 Å². The number of hydrogen-bond acceptors (Lipinski definition) is 5. The molecule has 10 heteroatoms. The van der Waals surface area contributed by atoms with Crippen LogP contribution in [-0.2, 0) is 20.9 Å². The molecule has 0 aromatic heterocycles. The van der Waals surface area contributed by atoms with Gasteiger partial charge in [0.1, 0.15) is 18.4 Å². The Hall–Kier alpha value is -3.79. The van der Waals surface area contributed by atoms with Crippen molar-refractivity contribution in [3.8, 4) is 0 Å². The molecule has 2 atom stereocenters. The Kier molecular flexibility index (Phi) is 6.87. The highest BCUT2D eigenvalue weighted by Crippen LogP contribution is 2.26. The largest absolute Gasteiger partial charge is 0.327 e. The molecule has 0 radical (unpaired) electrons. The van der Waals surface area contributed by atoms with Crippen molar-refractivity contribution < 1.29 is 23.6 Å². The van der Waals surface area contributed by atoms with Crippen LogP contribution in [0.15, 0.2) is 48.5 Å². The molecule has 0 bridgehead atoms. The van der Waals surface area contributed by atoms with Crippen LogP contribution in [0.5, 0.6) is 0 Å². The average Bonchev–Trinajstić information content (AvgIpc) is 2.80.